The Balaban J connectivity index is 1.03. The molecular formula is C50H22F4N2O8S4. The third-order valence-electron chi connectivity index (χ3n) is 11.7. The van der Waals surface area contributed by atoms with Gasteiger partial charge in [0.1, 0.15) is 13.2 Å². The molecule has 6 heterocycles. The number of nitrogens with zero attached hydrogens (tertiary/aromatic N) is 2. The van der Waals surface area contributed by atoms with E-state index in [1.165, 1.54) is 66.6 Å². The molecule has 68 heavy (non-hydrogen) atoms. The van der Waals surface area contributed by atoms with E-state index in [0.29, 0.717) is 84.3 Å². The molecule has 0 bridgehead atoms. The van der Waals surface area contributed by atoms with Crippen LogP contribution in [0.3, 0.4) is 0 Å². The average molecular weight is 983 g/mol. The molecule has 0 amide bonds. The van der Waals surface area contributed by atoms with Crippen molar-refractivity contribution in [3.05, 3.63) is 175 Å². The third-order valence-corrected chi connectivity index (χ3v) is 16.7. The van der Waals surface area contributed by atoms with Gasteiger partial charge < -0.3 is 9.47 Å². The molecule has 2 aliphatic rings. The molecule has 6 aromatic heterocycles. The Labute approximate surface area is 393 Å². The lowest BCUT2D eigenvalue weighted by atomic mass is 10.1. The Bertz CT molecular complexity index is 3690. The van der Waals surface area contributed by atoms with E-state index in [-0.39, 0.29) is 46.6 Å². The van der Waals surface area contributed by atoms with Crippen LogP contribution in [0.15, 0.2) is 108 Å². The second kappa shape index (κ2) is 15.5. The van der Waals surface area contributed by atoms with Gasteiger partial charge in [-0.1, -0.05) is 60.7 Å². The van der Waals surface area contributed by atoms with Gasteiger partial charge in [0.25, 0.3) is 0 Å². The molecule has 0 atom stereocenters. The third kappa shape index (κ3) is 6.32. The first kappa shape index (κ1) is 41.8. The van der Waals surface area contributed by atoms with Crippen LogP contribution in [0.2, 0.25) is 0 Å². The first-order valence-corrected chi connectivity index (χ1v) is 23.6. The van der Waals surface area contributed by atoms with E-state index >= 15 is 0 Å². The number of Topliss-reactive ketones (excluding diaryl/α,β-unsaturated/α-hetero) is 4. The predicted molar refractivity (Wildman–Crippen MR) is 252 cm³/mol. The van der Waals surface area contributed by atoms with Crippen molar-refractivity contribution in [2.75, 3.05) is 0 Å². The van der Waals surface area contributed by atoms with Crippen molar-refractivity contribution in [3.8, 4) is 0 Å². The summed E-state index contributed by atoms with van der Waals surface area (Å²) < 4.78 is 74.8. The monoisotopic (exact) mass is 982 g/mol. The Kier molecular flexibility index (Phi) is 9.49. The van der Waals surface area contributed by atoms with Gasteiger partial charge in [-0.2, -0.15) is 0 Å². The summed E-state index contributed by atoms with van der Waals surface area (Å²) in [5.74, 6) is -8.14. The van der Waals surface area contributed by atoms with Gasteiger partial charge in [-0.05, 0) is 59.7 Å². The van der Waals surface area contributed by atoms with E-state index < -0.39 is 58.6 Å². The average Bonchev–Trinajstić information content (AvgIpc) is 4.22. The van der Waals surface area contributed by atoms with Gasteiger partial charge in [0, 0.05) is 32.0 Å². The summed E-state index contributed by atoms with van der Waals surface area (Å²) >= 11 is 4.93. The SMILES string of the molecule is O=C1C(=Cc2cc3c(s2)c2sc4c(sc5c6sc(C=C7C(=O)c8cc(F)c(F)cc8C7=O)cc6n(C(=O)OCc6ccccc6)c54)c2n3C(=O)OCc2ccccc2)C(=O)c2cc(F)c(F)cc21. The highest BCUT2D eigenvalue weighted by Gasteiger charge is 2.37. The number of hydrogen-bond donors (Lipinski definition) is 0. The number of fused-ring (bicyclic) bond motifs is 11. The zero-order chi connectivity index (χ0) is 46.9. The molecule has 0 unspecified atom stereocenters. The largest absolute Gasteiger partial charge is 0.444 e. The highest BCUT2D eigenvalue weighted by molar-refractivity contribution is 7.40. The number of ketones is 4. The number of hydrogen-bond acceptors (Lipinski definition) is 12. The molecule has 0 saturated carbocycles. The van der Waals surface area contributed by atoms with E-state index in [1.54, 1.807) is 60.7 Å². The van der Waals surface area contributed by atoms with E-state index in [2.05, 4.69) is 0 Å². The minimum Gasteiger partial charge on any atom is -0.444 e. The number of halogens is 4. The molecule has 0 spiro atoms. The number of thiophene rings is 4. The van der Waals surface area contributed by atoms with Crippen molar-refractivity contribution in [2.45, 2.75) is 13.2 Å². The molecule has 0 fully saturated rings. The lowest BCUT2D eigenvalue weighted by Gasteiger charge is -2.07. The second-order valence-corrected chi connectivity index (χ2v) is 20.0. The van der Waals surface area contributed by atoms with E-state index in [0.717, 1.165) is 11.1 Å². The van der Waals surface area contributed by atoms with Crippen molar-refractivity contribution >= 4 is 143 Å². The summed E-state index contributed by atoms with van der Waals surface area (Å²) in [7, 11) is 0. The number of allylic oxidation sites excluding steroid dienone is 2. The van der Waals surface area contributed by atoms with Crippen LogP contribution in [-0.4, -0.2) is 44.5 Å². The number of aromatic nitrogens is 2. The van der Waals surface area contributed by atoms with Gasteiger partial charge in [0.05, 0.1) is 61.4 Å². The molecule has 4 aromatic carbocycles. The molecule has 2 aliphatic carbocycles. The zero-order valence-electron chi connectivity index (χ0n) is 34.1. The second-order valence-electron chi connectivity index (χ2n) is 15.8. The molecule has 332 valence electrons. The van der Waals surface area contributed by atoms with Gasteiger partial charge in [-0.3, -0.25) is 19.2 Å². The van der Waals surface area contributed by atoms with E-state index in [4.69, 9.17) is 9.47 Å². The molecule has 0 saturated heterocycles. The molecule has 18 heteroatoms. The fraction of sp³-hybridized carbons (Fsp3) is 0.0400. The van der Waals surface area contributed by atoms with Crippen LogP contribution in [0.1, 0.15) is 62.3 Å². The van der Waals surface area contributed by atoms with Crippen LogP contribution in [0.5, 0.6) is 0 Å². The summed E-state index contributed by atoms with van der Waals surface area (Å²) in [5.41, 5.74) is 1.53. The molecule has 0 N–H and O–H groups in total. The maximum absolute atomic E-state index is 14.4. The van der Waals surface area contributed by atoms with Gasteiger partial charge in [0.2, 0.25) is 0 Å². The van der Waals surface area contributed by atoms with Crippen molar-refractivity contribution < 1.29 is 55.8 Å². The molecule has 0 radical (unpaired) electrons. The lowest BCUT2D eigenvalue weighted by molar-refractivity contribution is 0.0975. The Morgan fingerprint density at radius 2 is 0.779 bits per heavy atom. The molecular weight excluding hydrogens is 961 g/mol. The fourth-order valence-electron chi connectivity index (χ4n) is 8.59. The number of ether oxygens (including phenoxy) is 2. The van der Waals surface area contributed by atoms with Crippen LogP contribution in [0.25, 0.3) is 62.4 Å². The zero-order valence-corrected chi connectivity index (χ0v) is 37.4. The van der Waals surface area contributed by atoms with Crippen molar-refractivity contribution in [2.24, 2.45) is 0 Å². The Morgan fingerprint density at radius 3 is 1.12 bits per heavy atom. The molecule has 10 nitrogen and oxygen atoms in total. The van der Waals surface area contributed by atoms with Crippen molar-refractivity contribution in [1.29, 1.82) is 0 Å². The van der Waals surface area contributed by atoms with Gasteiger partial charge in [0.15, 0.2) is 46.4 Å². The summed E-state index contributed by atoms with van der Waals surface area (Å²) in [4.78, 5) is 83.0. The van der Waals surface area contributed by atoms with Crippen LogP contribution < -0.4 is 0 Å². The van der Waals surface area contributed by atoms with Crippen molar-refractivity contribution in [1.82, 2.24) is 9.13 Å². The smallest absolute Gasteiger partial charge is 0.419 e. The van der Waals surface area contributed by atoms with Gasteiger partial charge in [-0.15, -0.1) is 45.3 Å². The minimum absolute atomic E-state index is 0.0810. The molecule has 10 aromatic rings. The number of carbonyl (C=O) groups excluding carboxylic acids is 6. The van der Waals surface area contributed by atoms with Crippen LogP contribution in [0, 0.1) is 23.3 Å². The summed E-state index contributed by atoms with van der Waals surface area (Å²) in [5, 5.41) is 0. The highest BCUT2D eigenvalue weighted by atomic mass is 32.1. The highest BCUT2D eigenvalue weighted by Crippen LogP contribution is 2.53. The fourth-order valence-corrected chi connectivity index (χ4v) is 13.9. The molecule has 0 aliphatic heterocycles. The van der Waals surface area contributed by atoms with E-state index in [1.807, 2.05) is 12.1 Å². The predicted octanol–water partition coefficient (Wildman–Crippen LogP) is 13.2. The van der Waals surface area contributed by atoms with Crippen molar-refractivity contribution in [3.63, 3.8) is 0 Å². The summed E-state index contributed by atoms with van der Waals surface area (Å²) in [6.45, 7) is -0.162. The first-order valence-electron chi connectivity index (χ1n) is 20.3. The quantitative estimate of drug-likeness (QED) is 0.0914. The van der Waals surface area contributed by atoms with Crippen LogP contribution >= 0.6 is 45.3 Å². The first-order chi connectivity index (χ1) is 32.8. The van der Waals surface area contributed by atoms with Crippen LogP contribution in [-0.2, 0) is 22.7 Å². The summed E-state index contributed by atoms with van der Waals surface area (Å²) in [6, 6.07) is 24.1. The Morgan fingerprint density at radius 1 is 0.456 bits per heavy atom. The number of rotatable bonds is 6. The maximum atomic E-state index is 14.4. The maximum Gasteiger partial charge on any atom is 0.419 e. The Hall–Kier alpha value is -7.64. The number of carbonyl (C=O) groups is 6. The topological polar surface area (TPSA) is 131 Å². The summed E-state index contributed by atoms with van der Waals surface area (Å²) in [6.07, 6.45) is 1.17. The minimum atomic E-state index is -1.26. The normalized spacial score (nSPS) is 13.6. The van der Waals surface area contributed by atoms with E-state index in [9.17, 15) is 46.3 Å². The standard InChI is InChI=1S/C50H22F4N2O8S4/c51-31-15-25-26(16-32(31)52)40(58)29(39(25)57)11-23-13-35-43(65-23)45-37(55(35)49(61)63-19-21-7-3-1-4-8-21)47-48(67-45)38-46(68-47)44-36(56(38)50(62)64-20-22-9-5-2-6-10-22)14-24(66-44)12-30-41(59)27-17-33(53)34(54)18-28(27)42(30)60/h1-18H,19-20H2. The van der Waals surface area contributed by atoms with Gasteiger partial charge in [-0.25, -0.2) is 36.3 Å². The molecule has 12 rings (SSSR count). The van der Waals surface area contributed by atoms with Gasteiger partial charge >= 0.3 is 12.2 Å². The van der Waals surface area contributed by atoms with Crippen LogP contribution in [0.4, 0.5) is 27.2 Å². The lowest BCUT2D eigenvalue weighted by Crippen LogP contribution is -2.13. The number of benzene rings is 4.